The van der Waals surface area contributed by atoms with Crippen LogP contribution in [0.15, 0.2) is 11.6 Å². The first-order valence-corrected chi connectivity index (χ1v) is 11.2. The van der Waals surface area contributed by atoms with Crippen molar-refractivity contribution >= 4 is 34.9 Å². The van der Waals surface area contributed by atoms with Crippen LogP contribution < -0.4 is 0 Å². The average Bonchev–Trinajstić information content (AvgIpc) is 2.93. The van der Waals surface area contributed by atoms with Crippen molar-refractivity contribution in [2.75, 3.05) is 6.61 Å². The third-order valence-corrected chi connectivity index (χ3v) is 9.06. The summed E-state index contributed by atoms with van der Waals surface area (Å²) < 4.78 is 4.86. The van der Waals surface area contributed by atoms with Crippen molar-refractivity contribution in [2.24, 2.45) is 28.6 Å². The van der Waals surface area contributed by atoms with Gasteiger partial charge in [0.15, 0.2) is 12.4 Å². The van der Waals surface area contributed by atoms with E-state index in [9.17, 15) is 24.3 Å². The van der Waals surface area contributed by atoms with E-state index in [-0.39, 0.29) is 47.5 Å². The number of carbonyl (C=O) groups is 4. The van der Waals surface area contributed by atoms with Crippen LogP contribution in [0.5, 0.6) is 0 Å². The molecule has 4 rings (SSSR count). The molecule has 0 bridgehead atoms. The van der Waals surface area contributed by atoms with Gasteiger partial charge in [0.2, 0.25) is 5.78 Å². The Bertz CT molecular complexity index is 864. The van der Waals surface area contributed by atoms with Crippen LogP contribution in [-0.4, -0.2) is 46.0 Å². The van der Waals surface area contributed by atoms with E-state index in [0.717, 1.165) is 5.57 Å². The minimum absolute atomic E-state index is 0.0330. The number of hydrogen-bond donors (Lipinski definition) is 1. The second-order valence-corrected chi connectivity index (χ2v) is 10.6. The van der Waals surface area contributed by atoms with E-state index in [4.69, 9.17) is 16.3 Å². The molecule has 0 aromatic heterocycles. The molecule has 0 spiro atoms. The largest absolute Gasteiger partial charge is 0.458 e. The van der Waals surface area contributed by atoms with Crippen LogP contribution in [0.1, 0.15) is 59.3 Å². The first kappa shape index (κ1) is 21.7. The van der Waals surface area contributed by atoms with Crippen LogP contribution in [0.3, 0.4) is 0 Å². The van der Waals surface area contributed by atoms with E-state index in [1.54, 1.807) is 6.08 Å². The van der Waals surface area contributed by atoms with E-state index in [2.05, 4.69) is 0 Å². The smallest absolute Gasteiger partial charge is 0.303 e. The van der Waals surface area contributed by atoms with Gasteiger partial charge in [0, 0.05) is 36.5 Å². The summed E-state index contributed by atoms with van der Waals surface area (Å²) in [5, 5.41) is 11.1. The Morgan fingerprint density at radius 2 is 1.97 bits per heavy atom. The molecule has 3 fully saturated rings. The van der Waals surface area contributed by atoms with Crippen molar-refractivity contribution in [3.05, 3.63) is 11.6 Å². The first-order chi connectivity index (χ1) is 13.9. The van der Waals surface area contributed by atoms with Gasteiger partial charge in [0.05, 0.1) is 5.38 Å². The van der Waals surface area contributed by atoms with Gasteiger partial charge >= 0.3 is 5.97 Å². The van der Waals surface area contributed by atoms with Crippen LogP contribution in [0.25, 0.3) is 0 Å². The van der Waals surface area contributed by atoms with Crippen molar-refractivity contribution in [3.63, 3.8) is 0 Å². The Hall–Kier alpha value is -1.53. The van der Waals surface area contributed by atoms with Crippen LogP contribution in [-0.2, 0) is 23.9 Å². The molecule has 0 aliphatic heterocycles. The number of ketones is 3. The Morgan fingerprint density at radius 1 is 1.27 bits per heavy atom. The number of esters is 1. The van der Waals surface area contributed by atoms with Crippen molar-refractivity contribution < 1.29 is 29.0 Å². The molecule has 1 N–H and O–H groups in total. The van der Waals surface area contributed by atoms with Gasteiger partial charge < -0.3 is 9.84 Å². The predicted octanol–water partition coefficient (Wildman–Crippen LogP) is 2.78. The average molecular weight is 437 g/mol. The monoisotopic (exact) mass is 436 g/mol. The van der Waals surface area contributed by atoms with Crippen LogP contribution >= 0.6 is 11.6 Å². The highest BCUT2D eigenvalue weighted by atomic mass is 35.5. The molecule has 164 valence electrons. The summed E-state index contributed by atoms with van der Waals surface area (Å²) in [5.41, 5.74) is -2.20. The van der Waals surface area contributed by atoms with Crippen LogP contribution in [0, 0.1) is 28.6 Å². The number of ether oxygens (including phenoxy) is 1. The minimum Gasteiger partial charge on any atom is -0.458 e. The second kappa shape index (κ2) is 6.99. The fourth-order valence-electron chi connectivity index (χ4n) is 7.14. The molecule has 3 saturated carbocycles. The Balaban J connectivity index is 1.70. The lowest BCUT2D eigenvalue weighted by atomic mass is 9.45. The maximum absolute atomic E-state index is 13.5. The Morgan fingerprint density at radius 3 is 2.63 bits per heavy atom. The highest BCUT2D eigenvalue weighted by molar-refractivity contribution is 6.23. The Labute approximate surface area is 181 Å². The molecule has 5 unspecified atom stereocenters. The molecule has 0 heterocycles. The lowest BCUT2D eigenvalue weighted by Crippen LogP contribution is -2.62. The van der Waals surface area contributed by atoms with Crippen molar-refractivity contribution in [1.29, 1.82) is 0 Å². The topological polar surface area (TPSA) is 97.7 Å². The molecule has 4 aliphatic carbocycles. The van der Waals surface area contributed by atoms with Crippen LogP contribution in [0.2, 0.25) is 0 Å². The van der Waals surface area contributed by atoms with Crippen molar-refractivity contribution in [1.82, 2.24) is 0 Å². The third-order valence-electron chi connectivity index (χ3n) is 8.65. The molecule has 7 atom stereocenters. The molecule has 7 heteroatoms. The molecule has 6 nitrogen and oxygen atoms in total. The lowest BCUT2D eigenvalue weighted by molar-refractivity contribution is -0.173. The summed E-state index contributed by atoms with van der Waals surface area (Å²) in [6, 6.07) is 0. The quantitative estimate of drug-likeness (QED) is 0.539. The van der Waals surface area contributed by atoms with Crippen molar-refractivity contribution in [3.8, 4) is 0 Å². The molecule has 0 saturated heterocycles. The zero-order chi connectivity index (χ0) is 22.1. The van der Waals surface area contributed by atoms with E-state index in [0.29, 0.717) is 25.7 Å². The highest BCUT2D eigenvalue weighted by Gasteiger charge is 2.69. The summed E-state index contributed by atoms with van der Waals surface area (Å²) in [5.74, 6) is -1.37. The van der Waals surface area contributed by atoms with Gasteiger partial charge in [-0.25, -0.2) is 0 Å². The van der Waals surface area contributed by atoms with E-state index in [1.165, 1.54) is 6.92 Å². The number of alkyl halides is 1. The Kier molecular flexibility index (Phi) is 5.06. The van der Waals surface area contributed by atoms with Gasteiger partial charge in [-0.15, -0.1) is 11.6 Å². The molecule has 0 aromatic rings. The summed E-state index contributed by atoms with van der Waals surface area (Å²) in [7, 11) is 0. The molecular weight excluding hydrogens is 408 g/mol. The van der Waals surface area contributed by atoms with E-state index < -0.39 is 34.8 Å². The maximum atomic E-state index is 13.5. The zero-order valence-electron chi connectivity index (χ0n) is 17.7. The first-order valence-electron chi connectivity index (χ1n) is 10.7. The normalized spacial score (nSPS) is 45.2. The summed E-state index contributed by atoms with van der Waals surface area (Å²) >= 11 is 6.75. The SMILES string of the molecule is CC(=O)OCC(=O)[C@@]1(O)CCC2C3C[C@H](Cl)C4=CC(=O)CCC4(C)C3C(=O)CC21C. The van der Waals surface area contributed by atoms with Gasteiger partial charge in [0.1, 0.15) is 11.4 Å². The number of Topliss-reactive ketones (excluding diaryl/α,β-unsaturated/α-hetero) is 2. The van der Waals surface area contributed by atoms with Crippen molar-refractivity contribution in [2.45, 2.75) is 70.3 Å². The number of hydrogen-bond acceptors (Lipinski definition) is 6. The van der Waals surface area contributed by atoms with Gasteiger partial charge in [-0.1, -0.05) is 13.8 Å². The summed E-state index contributed by atoms with van der Waals surface area (Å²) in [4.78, 5) is 49.6. The molecule has 30 heavy (non-hydrogen) atoms. The molecule has 0 radical (unpaired) electrons. The number of allylic oxidation sites excluding steroid dienone is 1. The number of aliphatic hydroxyl groups is 1. The minimum atomic E-state index is -1.70. The maximum Gasteiger partial charge on any atom is 0.303 e. The van der Waals surface area contributed by atoms with Gasteiger partial charge in [-0.2, -0.15) is 0 Å². The van der Waals surface area contributed by atoms with Gasteiger partial charge in [-0.05, 0) is 49.2 Å². The predicted molar refractivity (Wildman–Crippen MR) is 109 cm³/mol. The standard InChI is InChI=1S/C23H29ClO6/c1-12(25)30-11-19(28)23(29)7-5-15-14-9-17(24)16-8-13(26)4-6-21(16,2)20(14)18(27)10-22(15,23)3/h8,14-15,17,20,29H,4-7,9-11H2,1-3H3/t14?,15?,17-,20?,21?,22?,23-/m0/s1. The molecule has 4 aliphatic rings. The highest BCUT2D eigenvalue weighted by Crippen LogP contribution is 2.67. The molecular formula is C23H29ClO6. The molecule has 0 aromatic carbocycles. The second-order valence-electron chi connectivity index (χ2n) is 10.1. The van der Waals surface area contributed by atoms with Gasteiger partial charge in [0.25, 0.3) is 0 Å². The third kappa shape index (κ3) is 2.86. The fraction of sp³-hybridized carbons (Fsp3) is 0.739. The van der Waals surface area contributed by atoms with Gasteiger partial charge in [-0.3, -0.25) is 19.2 Å². The van der Waals surface area contributed by atoms with E-state index in [1.807, 2.05) is 13.8 Å². The number of rotatable bonds is 3. The fourth-order valence-corrected chi connectivity index (χ4v) is 7.66. The zero-order valence-corrected chi connectivity index (χ0v) is 18.5. The van der Waals surface area contributed by atoms with E-state index >= 15 is 0 Å². The number of fused-ring (bicyclic) bond motifs is 5. The molecule has 0 amide bonds. The van der Waals surface area contributed by atoms with Crippen LogP contribution in [0.4, 0.5) is 0 Å². The number of halogens is 1. The number of carbonyl (C=O) groups excluding carboxylic acids is 4. The summed E-state index contributed by atoms with van der Waals surface area (Å²) in [6.45, 7) is 4.60. The summed E-state index contributed by atoms with van der Waals surface area (Å²) in [6.07, 6.45) is 4.18. The lowest BCUT2D eigenvalue weighted by Gasteiger charge is -2.58.